The van der Waals surface area contributed by atoms with E-state index in [4.69, 9.17) is 24.3 Å². The molecule has 4 heterocycles. The lowest BCUT2D eigenvalue weighted by molar-refractivity contribution is -0.140. The van der Waals surface area contributed by atoms with Crippen LogP contribution in [0.3, 0.4) is 0 Å². The van der Waals surface area contributed by atoms with Crippen molar-refractivity contribution < 1.29 is 37.7 Å². The summed E-state index contributed by atoms with van der Waals surface area (Å²) < 4.78 is 39.9. The maximum atomic E-state index is 16.2. The number of hydrogen-bond acceptors (Lipinski definition) is 11. The predicted octanol–water partition coefficient (Wildman–Crippen LogP) is 1.22. The van der Waals surface area contributed by atoms with Crippen molar-refractivity contribution >= 4 is 31.2 Å². The molecule has 13 nitrogen and oxygen atoms in total. The summed E-state index contributed by atoms with van der Waals surface area (Å²) >= 11 is 0. The second-order valence-electron chi connectivity index (χ2n) is 8.35. The standard InChI is InChI=1S/C18H27FN6O7P/c1-5-29-14-11-13(22-17(20)23-14)25(7-21-11)16-18(4,19)12-9(31-16)6-30-33(28,32-12)24-10(8(2)3)15(26)27/h7-10,12,16,24,28H,5-6H2,1-4H3,(H,26,27)(H2,20,22,23)/t9-,10?,12-,16-,18-/m1/s1. The van der Waals surface area contributed by atoms with Crippen LogP contribution < -0.4 is 15.6 Å². The molecule has 183 valence electrons. The van der Waals surface area contributed by atoms with E-state index in [-0.39, 0.29) is 35.5 Å². The average Bonchev–Trinajstić information content (AvgIpc) is 3.24. The number of alkyl halides is 1. The van der Waals surface area contributed by atoms with E-state index in [0.717, 1.165) is 0 Å². The highest BCUT2D eigenvalue weighted by Gasteiger charge is 2.62. The van der Waals surface area contributed by atoms with E-state index in [0.29, 0.717) is 6.61 Å². The first-order valence-electron chi connectivity index (χ1n) is 10.4. The number of carboxylic acids is 1. The molecule has 0 saturated carbocycles. The normalized spacial score (nSPS) is 32.8. The third-order valence-electron chi connectivity index (χ3n) is 5.53. The summed E-state index contributed by atoms with van der Waals surface area (Å²) in [7, 11) is -3.89. The van der Waals surface area contributed by atoms with Crippen LogP contribution in [0.1, 0.15) is 33.9 Å². The molecule has 2 aromatic heterocycles. The van der Waals surface area contributed by atoms with Crippen LogP contribution in [-0.4, -0.2) is 72.6 Å². The molecule has 4 rings (SSSR count). The Morgan fingerprint density at radius 1 is 1.52 bits per heavy atom. The number of ether oxygens (including phenoxy) is 2. The number of rotatable bonds is 7. The summed E-state index contributed by atoms with van der Waals surface area (Å²) in [6.07, 6.45) is -2.05. The fourth-order valence-electron chi connectivity index (χ4n) is 3.92. The van der Waals surface area contributed by atoms with E-state index in [1.165, 1.54) is 17.8 Å². The molecule has 0 aliphatic carbocycles. The number of aromatic nitrogens is 4. The number of nitrogens with zero attached hydrogens (tertiary/aromatic N) is 4. The number of carbonyl (C=O) groups is 1. The van der Waals surface area contributed by atoms with Gasteiger partial charge in [0.2, 0.25) is 11.8 Å². The zero-order chi connectivity index (χ0) is 24.1. The van der Waals surface area contributed by atoms with Crippen molar-refractivity contribution in [1.29, 1.82) is 0 Å². The third-order valence-corrected chi connectivity index (χ3v) is 7.14. The lowest BCUT2D eigenvalue weighted by Gasteiger charge is -2.42. The highest BCUT2D eigenvalue weighted by Crippen LogP contribution is 2.62. The van der Waals surface area contributed by atoms with Crippen LogP contribution in [0.4, 0.5) is 10.3 Å². The molecule has 33 heavy (non-hydrogen) atoms. The van der Waals surface area contributed by atoms with Crippen molar-refractivity contribution in [2.75, 3.05) is 18.9 Å². The summed E-state index contributed by atoms with van der Waals surface area (Å²) in [5.74, 6) is -1.50. The third kappa shape index (κ3) is 4.22. The van der Waals surface area contributed by atoms with Gasteiger partial charge in [0.25, 0.3) is 0 Å². The van der Waals surface area contributed by atoms with Crippen LogP contribution in [0.25, 0.3) is 11.2 Å². The fourth-order valence-corrected chi connectivity index (χ4v) is 5.87. The van der Waals surface area contributed by atoms with Crippen LogP contribution in [0.5, 0.6) is 5.88 Å². The minimum absolute atomic E-state index is 0.0823. The van der Waals surface area contributed by atoms with E-state index >= 15 is 4.39 Å². The summed E-state index contributed by atoms with van der Waals surface area (Å²) in [4.78, 5) is 34.8. The topological polar surface area (TPSA) is 176 Å². The lowest BCUT2D eigenvalue weighted by Crippen LogP contribution is -2.50. The van der Waals surface area contributed by atoms with Crippen molar-refractivity contribution in [3.05, 3.63) is 6.33 Å². The van der Waals surface area contributed by atoms with Gasteiger partial charge in [0.05, 0.1) is 19.5 Å². The summed E-state index contributed by atoms with van der Waals surface area (Å²) in [5.41, 5.74) is 4.09. The highest BCUT2D eigenvalue weighted by molar-refractivity contribution is 7.58. The second kappa shape index (κ2) is 8.53. The van der Waals surface area contributed by atoms with E-state index in [1.807, 2.05) is 0 Å². The molecule has 0 spiro atoms. The Kier molecular flexibility index (Phi) is 6.18. The van der Waals surface area contributed by atoms with E-state index in [1.54, 1.807) is 20.8 Å². The van der Waals surface area contributed by atoms with Gasteiger partial charge in [0.1, 0.15) is 18.2 Å². The minimum Gasteiger partial charge on any atom is -0.480 e. The number of fused-ring (bicyclic) bond motifs is 2. The van der Waals surface area contributed by atoms with E-state index in [9.17, 15) is 14.8 Å². The largest absolute Gasteiger partial charge is 0.480 e. The maximum Gasteiger partial charge on any atom is 0.321 e. The summed E-state index contributed by atoms with van der Waals surface area (Å²) in [5, 5.41) is 11.9. The van der Waals surface area contributed by atoms with Crippen molar-refractivity contribution in [3.8, 4) is 5.88 Å². The van der Waals surface area contributed by atoms with Crippen LogP contribution in [-0.2, 0) is 18.6 Å². The lowest BCUT2D eigenvalue weighted by atomic mass is 9.98. The van der Waals surface area contributed by atoms with E-state index < -0.39 is 44.2 Å². The molecule has 0 aromatic carbocycles. The average molecular weight is 489 g/mol. The molecule has 2 aliphatic heterocycles. The van der Waals surface area contributed by atoms with Gasteiger partial charge in [-0.2, -0.15) is 9.97 Å². The molecular formula is C18H27FN6O7P. The summed E-state index contributed by atoms with van der Waals surface area (Å²) in [6, 6.07) is -1.15. The SMILES string of the molecule is CCOc1nc(N)nc2c1ncn2[C@@H]1O[C@@H]2CO[P@@](O)(NC(C(=O)O)C(C)C)O[C@H]2[C@@]1(C)F. The Balaban J connectivity index is 1.63. The number of nitrogens with one attached hydrogen (secondary N) is 1. The smallest absolute Gasteiger partial charge is 0.321 e. The monoisotopic (exact) mass is 489 g/mol. The molecule has 0 bridgehead atoms. The number of hydrogen-bond donors (Lipinski definition) is 4. The molecule has 1 unspecified atom stereocenters. The molecule has 2 aromatic rings. The summed E-state index contributed by atoms with van der Waals surface area (Å²) in [6.45, 7) is 6.46. The van der Waals surface area contributed by atoms with Crippen LogP contribution >= 0.6 is 8.09 Å². The van der Waals surface area contributed by atoms with Gasteiger partial charge in [-0.25, -0.2) is 14.5 Å². The number of anilines is 1. The Morgan fingerprint density at radius 2 is 2.24 bits per heavy atom. The quantitative estimate of drug-likeness (QED) is 0.410. The zero-order valence-electron chi connectivity index (χ0n) is 18.5. The van der Waals surface area contributed by atoms with Crippen molar-refractivity contribution in [2.45, 2.75) is 57.8 Å². The van der Waals surface area contributed by atoms with E-state index in [2.05, 4.69) is 20.0 Å². The molecule has 2 fully saturated rings. The number of nitrogen functional groups attached to an aromatic ring is 1. The molecular weight excluding hydrogens is 462 g/mol. The first-order chi connectivity index (χ1) is 15.5. The molecule has 6 atom stereocenters. The van der Waals surface area contributed by atoms with Crippen LogP contribution in [0.2, 0.25) is 0 Å². The molecule has 2 saturated heterocycles. The van der Waals surface area contributed by atoms with Crippen LogP contribution in [0.15, 0.2) is 6.33 Å². The van der Waals surface area contributed by atoms with Gasteiger partial charge < -0.3 is 29.7 Å². The van der Waals surface area contributed by atoms with Crippen molar-refractivity contribution in [2.24, 2.45) is 5.92 Å². The van der Waals surface area contributed by atoms with Crippen molar-refractivity contribution in [1.82, 2.24) is 24.6 Å². The first-order valence-corrected chi connectivity index (χ1v) is 12.0. The Hall–Kier alpha value is -2.22. The predicted molar refractivity (Wildman–Crippen MR) is 114 cm³/mol. The van der Waals surface area contributed by atoms with Crippen LogP contribution in [0, 0.1) is 5.92 Å². The first kappa shape index (κ1) is 23.9. The van der Waals surface area contributed by atoms with Gasteiger partial charge in [-0.15, -0.1) is 0 Å². The Bertz CT molecular complexity index is 1050. The number of imidazole rings is 1. The van der Waals surface area contributed by atoms with Crippen molar-refractivity contribution in [3.63, 3.8) is 0 Å². The van der Waals surface area contributed by atoms with Gasteiger partial charge in [-0.1, -0.05) is 13.8 Å². The number of nitrogens with two attached hydrogens (primary N) is 1. The Morgan fingerprint density at radius 3 is 2.88 bits per heavy atom. The van der Waals surface area contributed by atoms with Gasteiger partial charge in [-0.05, 0) is 19.8 Å². The minimum atomic E-state index is -3.89. The van der Waals surface area contributed by atoms with Gasteiger partial charge in [0, 0.05) is 0 Å². The maximum absolute atomic E-state index is 16.2. The fraction of sp³-hybridized carbons (Fsp3) is 0.667. The number of aliphatic carboxylic acids is 1. The van der Waals surface area contributed by atoms with Gasteiger partial charge in [0.15, 0.2) is 23.1 Å². The van der Waals surface area contributed by atoms with Gasteiger partial charge in [-0.3, -0.25) is 13.9 Å². The molecule has 5 N–H and O–H groups in total. The molecule has 2 aliphatic rings. The second-order valence-corrected chi connectivity index (χ2v) is 10.1. The zero-order valence-corrected chi connectivity index (χ0v) is 19.4. The molecule has 1 radical (unpaired) electrons. The number of carboxylic acid groups (broad SMARTS) is 1. The number of halogens is 1. The highest BCUT2D eigenvalue weighted by atomic mass is 31.2. The van der Waals surface area contributed by atoms with Gasteiger partial charge >= 0.3 is 14.1 Å². The Labute approximate surface area is 189 Å². The molecule has 15 heteroatoms. The molecule has 0 amide bonds.